The first kappa shape index (κ1) is 32.9. The quantitative estimate of drug-likeness (QED) is 0.280. The van der Waals surface area contributed by atoms with Gasteiger partial charge in [0.25, 0.3) is 0 Å². The Labute approximate surface area is 288 Å². The minimum atomic E-state index is -0.360. The molecule has 3 aromatic rings. The number of β-amino-alcohol motifs (C(OH)–C–C–N with tert-alkyl or cyclic N) is 1. The number of piperidine rings is 1. The van der Waals surface area contributed by atoms with Crippen molar-refractivity contribution in [1.82, 2.24) is 25.0 Å². The van der Waals surface area contributed by atoms with Gasteiger partial charge in [0.2, 0.25) is 5.91 Å². The van der Waals surface area contributed by atoms with Crippen molar-refractivity contribution in [2.45, 2.75) is 83.1 Å². The molecule has 2 bridgehead atoms. The molecule has 0 radical (unpaired) electrons. The van der Waals surface area contributed by atoms with Crippen molar-refractivity contribution in [1.29, 1.82) is 0 Å². The van der Waals surface area contributed by atoms with Crippen LogP contribution in [0.5, 0.6) is 0 Å². The van der Waals surface area contributed by atoms with Gasteiger partial charge in [0.15, 0.2) is 0 Å². The number of hydrogen-bond acceptors (Lipinski definition) is 8. The van der Waals surface area contributed by atoms with E-state index in [0.29, 0.717) is 25.3 Å². The van der Waals surface area contributed by atoms with Gasteiger partial charge in [-0.3, -0.25) is 14.6 Å². The summed E-state index contributed by atoms with van der Waals surface area (Å²) >= 11 is 1.91. The van der Waals surface area contributed by atoms with Crippen LogP contribution >= 0.6 is 11.3 Å². The monoisotopic (exact) mass is 675 g/mol. The summed E-state index contributed by atoms with van der Waals surface area (Å²) in [4.78, 5) is 26.3. The number of piperazine rings is 1. The molecule has 5 aliphatic rings. The van der Waals surface area contributed by atoms with Crippen molar-refractivity contribution in [3.63, 3.8) is 0 Å². The van der Waals surface area contributed by atoms with E-state index in [1.54, 1.807) is 0 Å². The lowest BCUT2D eigenvalue weighted by molar-refractivity contribution is -0.124. The molecule has 260 valence electrons. The number of thiophene rings is 1. The van der Waals surface area contributed by atoms with Crippen LogP contribution in [-0.4, -0.2) is 121 Å². The largest absolute Gasteiger partial charge is 0.390 e. The molecule has 10 heteroatoms. The van der Waals surface area contributed by atoms with Gasteiger partial charge in [0.05, 0.1) is 11.8 Å². The number of benzene rings is 1. The molecule has 5 fully saturated rings. The molecule has 3 N–H and O–H groups in total. The summed E-state index contributed by atoms with van der Waals surface area (Å²) in [5.74, 6) is 0.921. The number of aryl methyl sites for hydroxylation is 2. The molecule has 1 saturated carbocycles. The van der Waals surface area contributed by atoms with Gasteiger partial charge >= 0.3 is 0 Å². The van der Waals surface area contributed by atoms with Gasteiger partial charge in [-0.05, 0) is 80.2 Å². The lowest BCUT2D eigenvalue weighted by atomic mass is 9.78. The van der Waals surface area contributed by atoms with E-state index in [9.17, 15) is 9.90 Å². The Hall–Kier alpha value is -2.31. The molecule has 6 atom stereocenters. The minimum absolute atomic E-state index is 0.00975. The maximum Gasteiger partial charge on any atom is 0.223 e. The molecule has 8 rings (SSSR count). The van der Waals surface area contributed by atoms with Crippen LogP contribution in [-0.2, 0) is 26.1 Å². The molecule has 4 unspecified atom stereocenters. The molecule has 4 aliphatic heterocycles. The standard InChI is InChI=1S/C38H53N5O4S/c1-23-13-24(2)15-25(14-23)35-27(29-16-34(48-37(29)40-35)38(3,4)17-30-28-5-6-31(30)39-36(28)45)7-8-41-9-11-42(12-10-41)18-26(44)19-43-20-32-33(21-43)47-22-46-32/h13-16,26,28,30-33,40,44H,5-12,17-22H2,1-4H3,(H,39,45)/t26?,28?,30?,31?,32-,33+. The lowest BCUT2D eigenvalue weighted by Gasteiger charge is -2.36. The van der Waals surface area contributed by atoms with Gasteiger partial charge < -0.3 is 29.8 Å². The minimum Gasteiger partial charge on any atom is -0.390 e. The summed E-state index contributed by atoms with van der Waals surface area (Å²) in [6.07, 6.45) is 4.19. The molecular formula is C38H53N5O4S. The number of aliphatic hydroxyl groups excluding tert-OH is 1. The zero-order chi connectivity index (χ0) is 33.2. The van der Waals surface area contributed by atoms with E-state index in [4.69, 9.17) is 9.47 Å². The van der Waals surface area contributed by atoms with Crippen LogP contribution in [0.15, 0.2) is 24.3 Å². The maximum atomic E-state index is 12.5. The second kappa shape index (κ2) is 13.1. The number of nitrogens with zero attached hydrogens (tertiary/aromatic N) is 3. The Bertz CT molecular complexity index is 1610. The number of hydrogen-bond donors (Lipinski definition) is 3. The predicted molar refractivity (Wildman–Crippen MR) is 191 cm³/mol. The van der Waals surface area contributed by atoms with Crippen LogP contribution < -0.4 is 5.32 Å². The molecule has 9 nitrogen and oxygen atoms in total. The molecular weight excluding hydrogens is 623 g/mol. The fourth-order valence-electron chi connectivity index (χ4n) is 9.45. The number of aromatic amines is 1. The van der Waals surface area contributed by atoms with Crippen LogP contribution in [0.25, 0.3) is 21.5 Å². The van der Waals surface area contributed by atoms with Crippen LogP contribution in [0, 0.1) is 25.7 Å². The topological polar surface area (TPSA) is 93.3 Å². The third-order valence-electron chi connectivity index (χ3n) is 11.9. The van der Waals surface area contributed by atoms with Crippen LogP contribution in [0.1, 0.15) is 54.7 Å². The number of aromatic nitrogens is 1. The highest BCUT2D eigenvalue weighted by Crippen LogP contribution is 2.48. The maximum absolute atomic E-state index is 12.5. The van der Waals surface area contributed by atoms with Crippen LogP contribution in [0.2, 0.25) is 0 Å². The van der Waals surface area contributed by atoms with E-state index in [0.717, 1.165) is 78.0 Å². The molecule has 4 saturated heterocycles. The average Bonchev–Trinajstić information content (AvgIpc) is 3.87. The average molecular weight is 676 g/mol. The number of H-pyrrole nitrogens is 1. The Morgan fingerprint density at radius 2 is 1.65 bits per heavy atom. The normalized spacial score (nSPS) is 28.9. The van der Waals surface area contributed by atoms with Crippen molar-refractivity contribution in [3.8, 4) is 11.3 Å². The number of nitrogens with one attached hydrogen (secondary N) is 2. The molecule has 2 aromatic heterocycles. The number of amides is 1. The summed E-state index contributed by atoms with van der Waals surface area (Å²) in [6, 6.07) is 9.71. The Morgan fingerprint density at radius 1 is 0.958 bits per heavy atom. The number of carbonyl (C=O) groups excluding carboxylic acids is 1. The van der Waals surface area contributed by atoms with Gasteiger partial charge in [-0.1, -0.05) is 31.0 Å². The highest BCUT2D eigenvalue weighted by atomic mass is 32.1. The SMILES string of the molecule is Cc1cc(C)cc(-c2[nH]c3sc(C(C)(C)CC4C5CCC4C(=O)N5)cc3c2CCN2CCN(CC(O)CN3C[C@@H]4OCO[C@@H]4C3)CC2)c1. The summed E-state index contributed by atoms with van der Waals surface area (Å²) in [5, 5.41) is 15.5. The van der Waals surface area contributed by atoms with Crippen molar-refractivity contribution in [2.75, 3.05) is 65.7 Å². The predicted octanol–water partition coefficient (Wildman–Crippen LogP) is 4.28. The Morgan fingerprint density at radius 3 is 2.31 bits per heavy atom. The van der Waals surface area contributed by atoms with Crippen LogP contribution in [0.4, 0.5) is 0 Å². The second-order valence-corrected chi connectivity index (χ2v) is 17.1. The molecule has 1 amide bonds. The van der Waals surface area contributed by atoms with E-state index < -0.39 is 0 Å². The number of carbonyl (C=O) groups is 1. The van der Waals surface area contributed by atoms with Crippen molar-refractivity contribution < 1.29 is 19.4 Å². The number of fused-ring (bicyclic) bond motifs is 4. The van der Waals surface area contributed by atoms with E-state index in [1.807, 2.05) is 11.3 Å². The Balaban J connectivity index is 0.936. The smallest absolute Gasteiger partial charge is 0.223 e. The van der Waals surface area contributed by atoms with E-state index in [2.05, 4.69) is 77.0 Å². The van der Waals surface area contributed by atoms with Crippen molar-refractivity contribution >= 4 is 27.5 Å². The van der Waals surface area contributed by atoms with Gasteiger partial charge in [-0.2, -0.15) is 0 Å². The van der Waals surface area contributed by atoms with E-state index >= 15 is 0 Å². The zero-order valence-corrected chi connectivity index (χ0v) is 29.9. The second-order valence-electron chi connectivity index (χ2n) is 16.1. The first-order chi connectivity index (χ1) is 23.1. The van der Waals surface area contributed by atoms with Gasteiger partial charge in [-0.25, -0.2) is 0 Å². The number of rotatable bonds is 11. The highest BCUT2D eigenvalue weighted by Gasteiger charge is 2.49. The van der Waals surface area contributed by atoms with E-state index in [-0.39, 0.29) is 35.6 Å². The van der Waals surface area contributed by atoms with Gasteiger partial charge in [0, 0.05) is 81.1 Å². The third-order valence-corrected chi connectivity index (χ3v) is 13.4. The highest BCUT2D eigenvalue weighted by molar-refractivity contribution is 7.18. The van der Waals surface area contributed by atoms with E-state index in [1.165, 1.54) is 43.0 Å². The Kier molecular flexibility index (Phi) is 8.97. The number of aliphatic hydroxyl groups is 1. The van der Waals surface area contributed by atoms with Gasteiger partial charge in [0.1, 0.15) is 23.8 Å². The molecule has 1 aromatic carbocycles. The van der Waals surface area contributed by atoms with Gasteiger partial charge in [-0.15, -0.1) is 11.3 Å². The molecule has 0 spiro atoms. The number of ether oxygens (including phenoxy) is 2. The number of likely N-dealkylation sites (tertiary alicyclic amines) is 1. The summed E-state index contributed by atoms with van der Waals surface area (Å²) in [5.41, 5.74) is 6.55. The third kappa shape index (κ3) is 6.50. The van der Waals surface area contributed by atoms with Crippen molar-refractivity contribution in [2.24, 2.45) is 11.8 Å². The summed E-state index contributed by atoms with van der Waals surface area (Å²) < 4.78 is 11.3. The van der Waals surface area contributed by atoms with Crippen molar-refractivity contribution in [3.05, 3.63) is 45.8 Å². The van der Waals surface area contributed by atoms with Crippen LogP contribution in [0.3, 0.4) is 0 Å². The summed E-state index contributed by atoms with van der Waals surface area (Å²) in [6.45, 7) is 17.7. The fraction of sp³-hybridized carbons (Fsp3) is 0.658. The first-order valence-corrected chi connectivity index (χ1v) is 19.0. The molecule has 6 heterocycles. The molecule has 1 aliphatic carbocycles. The zero-order valence-electron chi connectivity index (χ0n) is 29.1. The first-order valence-electron chi connectivity index (χ1n) is 18.2. The fourth-order valence-corrected chi connectivity index (χ4v) is 10.6. The molecule has 48 heavy (non-hydrogen) atoms. The lowest BCUT2D eigenvalue weighted by Crippen LogP contribution is -2.50. The summed E-state index contributed by atoms with van der Waals surface area (Å²) in [7, 11) is 0.